The summed E-state index contributed by atoms with van der Waals surface area (Å²) >= 11 is 6.17. The van der Waals surface area contributed by atoms with E-state index in [0.717, 1.165) is 35.4 Å². The topological polar surface area (TPSA) is 141 Å². The number of imide groups is 2. The van der Waals surface area contributed by atoms with Crippen LogP contribution in [-0.4, -0.2) is 98.9 Å². The molecular weight excluding hydrogens is 724 g/mol. The highest BCUT2D eigenvalue weighted by Crippen LogP contribution is 2.38. The number of ether oxygens (including phenoxy) is 1. The second kappa shape index (κ2) is 13.9. The van der Waals surface area contributed by atoms with Crippen LogP contribution in [0.15, 0.2) is 54.6 Å². The van der Waals surface area contributed by atoms with Crippen LogP contribution in [0, 0.1) is 12.5 Å². The van der Waals surface area contributed by atoms with E-state index in [9.17, 15) is 28.8 Å². The van der Waals surface area contributed by atoms with Gasteiger partial charge in [0.05, 0.1) is 34.8 Å². The minimum absolute atomic E-state index is 0.0677. The van der Waals surface area contributed by atoms with Gasteiger partial charge in [-0.3, -0.25) is 43.9 Å². The van der Waals surface area contributed by atoms with Gasteiger partial charge in [-0.05, 0) is 98.7 Å². The molecule has 5 aliphatic rings. The Labute approximate surface area is 322 Å². The first-order valence-electron chi connectivity index (χ1n) is 18.5. The van der Waals surface area contributed by atoms with Crippen LogP contribution in [-0.2, 0) is 22.7 Å². The molecule has 55 heavy (non-hydrogen) atoms. The van der Waals surface area contributed by atoms with Crippen molar-refractivity contribution >= 4 is 52.7 Å². The van der Waals surface area contributed by atoms with Crippen LogP contribution < -0.4 is 10.1 Å². The predicted molar refractivity (Wildman–Crippen MR) is 200 cm³/mol. The molecular formula is C41H39ClN6O7. The van der Waals surface area contributed by atoms with Crippen molar-refractivity contribution in [1.82, 2.24) is 24.9 Å². The molecule has 3 aromatic rings. The molecule has 8 rings (SSSR count). The first-order valence-corrected chi connectivity index (χ1v) is 18.8. The number of hydrogen-bond acceptors (Lipinski definition) is 8. The third kappa shape index (κ3) is 6.53. The fraction of sp³-hybridized carbons (Fsp3) is 0.390. The van der Waals surface area contributed by atoms with E-state index < -0.39 is 35.2 Å². The van der Waals surface area contributed by atoms with Crippen LogP contribution in [0.3, 0.4) is 0 Å². The van der Waals surface area contributed by atoms with E-state index in [2.05, 4.69) is 15.1 Å². The molecule has 5 heterocycles. The van der Waals surface area contributed by atoms with Gasteiger partial charge in [-0.2, -0.15) is 0 Å². The molecule has 14 heteroatoms. The summed E-state index contributed by atoms with van der Waals surface area (Å²) < 4.78 is 6.11. The maximum absolute atomic E-state index is 13.5. The molecule has 0 bridgehead atoms. The summed E-state index contributed by atoms with van der Waals surface area (Å²) in [5, 5.41) is 2.55. The molecule has 6 amide bonds. The molecule has 13 nitrogen and oxygen atoms in total. The molecule has 1 unspecified atom stereocenters. The van der Waals surface area contributed by atoms with Gasteiger partial charge in [-0.25, -0.2) is 4.85 Å². The summed E-state index contributed by atoms with van der Waals surface area (Å²) in [5.74, 6) is -1.32. The summed E-state index contributed by atoms with van der Waals surface area (Å²) in [6.07, 6.45) is 1.62. The number of likely N-dealkylation sites (tertiary alicyclic amines) is 2. The van der Waals surface area contributed by atoms with Gasteiger partial charge in [-0.15, -0.1) is 0 Å². The number of fused-ring (bicyclic) bond motifs is 2. The third-order valence-electron chi connectivity index (χ3n) is 11.7. The van der Waals surface area contributed by atoms with Crippen molar-refractivity contribution in [3.8, 4) is 5.75 Å². The van der Waals surface area contributed by atoms with Crippen LogP contribution in [0.25, 0.3) is 4.85 Å². The number of nitrogens with one attached hydrogen (secondary N) is 1. The Balaban J connectivity index is 0.816. The standard InChI is InChI=1S/C41H39ClN6O7/c1-41(2)34(55-28-8-9-32(43-3)31(42)18-28)22-47(41)38(52)25-6-4-24(5-7-25)37(51)46-14-12-23(13-15-46)19-45-20-26-16-29-30(17-27(26)21-45)40(54)48(39(29)53)33-10-11-35(49)44-36(33)50/h4-9,16-18,23,33-34H,10-15,19-22H2,1-2H3,(H,44,49,50)/t33?,34-/m0/s1. The van der Waals surface area contributed by atoms with Crippen LogP contribution in [0.2, 0.25) is 5.02 Å². The van der Waals surface area contributed by atoms with Gasteiger partial charge < -0.3 is 14.5 Å². The van der Waals surface area contributed by atoms with E-state index >= 15 is 0 Å². The van der Waals surface area contributed by atoms with Gasteiger partial charge in [0.15, 0.2) is 0 Å². The third-order valence-corrected chi connectivity index (χ3v) is 12.0. The van der Waals surface area contributed by atoms with Gasteiger partial charge >= 0.3 is 0 Å². The van der Waals surface area contributed by atoms with E-state index in [-0.39, 0.29) is 30.8 Å². The minimum Gasteiger partial charge on any atom is -0.486 e. The number of halogens is 1. The number of hydrogen-bond donors (Lipinski definition) is 1. The first-order chi connectivity index (χ1) is 26.3. The van der Waals surface area contributed by atoms with E-state index in [1.165, 1.54) is 0 Å². The van der Waals surface area contributed by atoms with Crippen molar-refractivity contribution in [1.29, 1.82) is 0 Å². The zero-order valence-corrected chi connectivity index (χ0v) is 31.2. The number of carbonyl (C=O) groups excluding carboxylic acids is 6. The largest absolute Gasteiger partial charge is 0.486 e. The molecule has 2 atom stereocenters. The molecule has 3 aromatic carbocycles. The lowest BCUT2D eigenvalue weighted by molar-refractivity contribution is -0.136. The van der Waals surface area contributed by atoms with Gasteiger partial charge in [-0.1, -0.05) is 17.7 Å². The number of rotatable bonds is 7. The number of amides is 6. The Morgan fingerprint density at radius 3 is 2.07 bits per heavy atom. The lowest BCUT2D eigenvalue weighted by Gasteiger charge is -2.54. The molecule has 0 aromatic heterocycles. The number of benzene rings is 3. The van der Waals surface area contributed by atoms with Crippen LogP contribution in [0.5, 0.6) is 5.75 Å². The lowest BCUT2D eigenvalue weighted by Crippen LogP contribution is -2.71. The van der Waals surface area contributed by atoms with Crippen molar-refractivity contribution in [2.24, 2.45) is 5.92 Å². The molecule has 0 aliphatic carbocycles. The van der Waals surface area contributed by atoms with Crippen molar-refractivity contribution in [3.63, 3.8) is 0 Å². The second-order valence-electron chi connectivity index (χ2n) is 15.5. The highest BCUT2D eigenvalue weighted by Gasteiger charge is 2.51. The first kappa shape index (κ1) is 36.4. The summed E-state index contributed by atoms with van der Waals surface area (Å²) in [4.78, 5) is 87.8. The summed E-state index contributed by atoms with van der Waals surface area (Å²) in [7, 11) is 0. The Hall–Kier alpha value is -5.58. The number of nitrogens with zero attached hydrogens (tertiary/aromatic N) is 5. The maximum atomic E-state index is 13.5. The second-order valence-corrected chi connectivity index (χ2v) is 15.9. The van der Waals surface area contributed by atoms with E-state index in [1.807, 2.05) is 18.7 Å². The quantitative estimate of drug-likeness (QED) is 0.267. The van der Waals surface area contributed by atoms with Crippen LogP contribution >= 0.6 is 11.6 Å². The van der Waals surface area contributed by atoms with Gasteiger partial charge in [0.1, 0.15) is 17.9 Å². The van der Waals surface area contributed by atoms with Crippen LogP contribution in [0.1, 0.15) is 92.1 Å². The zero-order chi connectivity index (χ0) is 38.8. The lowest BCUT2D eigenvalue weighted by atomic mass is 9.84. The van der Waals surface area contributed by atoms with Gasteiger partial charge in [0.25, 0.3) is 23.6 Å². The maximum Gasteiger partial charge on any atom is 0.262 e. The average Bonchev–Trinajstić information content (AvgIpc) is 3.67. The zero-order valence-electron chi connectivity index (χ0n) is 30.5. The Kier molecular flexibility index (Phi) is 9.22. The minimum atomic E-state index is -0.986. The normalized spacial score (nSPS) is 22.2. The number of piperidine rings is 2. The monoisotopic (exact) mass is 762 g/mol. The predicted octanol–water partition coefficient (Wildman–Crippen LogP) is 4.84. The molecule has 1 N–H and O–H groups in total. The molecule has 0 radical (unpaired) electrons. The van der Waals surface area contributed by atoms with Crippen molar-refractivity contribution in [2.45, 2.75) is 70.3 Å². The highest BCUT2D eigenvalue weighted by atomic mass is 35.5. The van der Waals surface area contributed by atoms with Crippen molar-refractivity contribution in [3.05, 3.63) is 104 Å². The summed E-state index contributed by atoms with van der Waals surface area (Å²) in [6, 6.07) is 14.3. The SMILES string of the molecule is [C-]#[N+]c1ccc(O[C@H]2CN(C(=O)c3ccc(C(=O)N4CCC(CN5Cc6cc7c(cc6C5)C(=O)N(C5CCC(=O)NC5=O)C7=O)CC4)cc3)C2(C)C)cc1Cl. The molecule has 3 fully saturated rings. The van der Waals surface area contributed by atoms with Gasteiger partial charge in [0, 0.05) is 50.3 Å². The summed E-state index contributed by atoms with van der Waals surface area (Å²) in [5.41, 5.74) is 3.36. The van der Waals surface area contributed by atoms with Crippen molar-refractivity contribution < 1.29 is 33.5 Å². The van der Waals surface area contributed by atoms with Gasteiger partial charge in [0.2, 0.25) is 17.5 Å². The van der Waals surface area contributed by atoms with Crippen LogP contribution in [0.4, 0.5) is 5.69 Å². The Bertz CT molecular complexity index is 2160. The molecule has 5 aliphatic heterocycles. The Morgan fingerprint density at radius 2 is 1.51 bits per heavy atom. The summed E-state index contributed by atoms with van der Waals surface area (Å²) in [6.45, 7) is 14.8. The number of carbonyl (C=O) groups is 6. The molecule has 282 valence electrons. The molecule has 0 spiro atoms. The van der Waals surface area contributed by atoms with Crippen molar-refractivity contribution in [2.75, 3.05) is 26.2 Å². The highest BCUT2D eigenvalue weighted by molar-refractivity contribution is 6.33. The average molecular weight is 763 g/mol. The van der Waals surface area contributed by atoms with E-state index in [4.69, 9.17) is 22.9 Å². The smallest absolute Gasteiger partial charge is 0.262 e. The fourth-order valence-electron chi connectivity index (χ4n) is 8.37. The molecule has 0 saturated carbocycles. The van der Waals surface area contributed by atoms with E-state index in [0.29, 0.717) is 77.4 Å². The Morgan fingerprint density at radius 1 is 0.891 bits per heavy atom. The van der Waals surface area contributed by atoms with E-state index in [1.54, 1.807) is 59.5 Å². The fourth-order valence-corrected chi connectivity index (χ4v) is 8.59. The molecule has 3 saturated heterocycles.